The van der Waals surface area contributed by atoms with E-state index in [0.717, 1.165) is 0 Å². The van der Waals surface area contributed by atoms with Crippen LogP contribution in [0.5, 0.6) is 0 Å². The molecular formula is C17H22N2O5S. The first kappa shape index (κ1) is 17.7. The molecular weight excluding hydrogens is 344 g/mol. The number of fused-ring (bicyclic) bond motifs is 1. The van der Waals surface area contributed by atoms with Crippen LogP contribution in [0.25, 0.3) is 11.1 Å². The molecule has 0 radical (unpaired) electrons. The Kier molecular flexibility index (Phi) is 4.49. The van der Waals surface area contributed by atoms with Gasteiger partial charge in [-0.1, -0.05) is 12.1 Å². The third kappa shape index (κ3) is 3.78. The summed E-state index contributed by atoms with van der Waals surface area (Å²) in [5.74, 6) is 0. The van der Waals surface area contributed by atoms with Crippen molar-refractivity contribution < 1.29 is 22.4 Å². The third-order valence-electron chi connectivity index (χ3n) is 3.99. The number of ether oxygens (including phenoxy) is 1. The van der Waals surface area contributed by atoms with Crippen molar-refractivity contribution in [2.75, 3.05) is 13.1 Å². The third-order valence-corrected chi connectivity index (χ3v) is 5.91. The Morgan fingerprint density at radius 1 is 1.32 bits per heavy atom. The lowest BCUT2D eigenvalue weighted by Crippen LogP contribution is -2.47. The van der Waals surface area contributed by atoms with E-state index in [1.165, 1.54) is 4.90 Å². The van der Waals surface area contributed by atoms with Crippen LogP contribution in [0, 0.1) is 0 Å². The number of benzene rings is 1. The van der Waals surface area contributed by atoms with Crippen molar-refractivity contribution in [3.05, 3.63) is 24.3 Å². The molecule has 1 aliphatic rings. The van der Waals surface area contributed by atoms with E-state index in [1.54, 1.807) is 45.0 Å². The van der Waals surface area contributed by atoms with E-state index in [4.69, 9.17) is 9.15 Å². The minimum atomic E-state index is -3.76. The molecule has 1 amide bonds. The number of amides is 1. The normalized spacial score (nSPS) is 19.2. The van der Waals surface area contributed by atoms with Crippen molar-refractivity contribution in [1.82, 2.24) is 9.88 Å². The zero-order chi connectivity index (χ0) is 18.2. The van der Waals surface area contributed by atoms with Crippen LogP contribution >= 0.6 is 0 Å². The molecule has 0 aliphatic carbocycles. The predicted octanol–water partition coefficient (Wildman–Crippen LogP) is 3.00. The van der Waals surface area contributed by atoms with Crippen LogP contribution in [0.15, 0.2) is 33.9 Å². The molecule has 1 fully saturated rings. The lowest BCUT2D eigenvalue weighted by Gasteiger charge is -2.33. The van der Waals surface area contributed by atoms with Crippen molar-refractivity contribution in [1.29, 1.82) is 0 Å². The zero-order valence-corrected chi connectivity index (χ0v) is 15.4. The molecule has 0 N–H and O–H groups in total. The van der Waals surface area contributed by atoms with Gasteiger partial charge in [-0.25, -0.2) is 13.2 Å². The summed E-state index contributed by atoms with van der Waals surface area (Å²) in [7, 11) is -3.76. The molecule has 136 valence electrons. The van der Waals surface area contributed by atoms with E-state index in [0.29, 0.717) is 30.5 Å². The Hall–Kier alpha value is -2.09. The number of carbonyl (C=O) groups excluding carboxylic acids is 1. The molecule has 0 bridgehead atoms. The first-order valence-corrected chi connectivity index (χ1v) is 9.79. The van der Waals surface area contributed by atoms with E-state index >= 15 is 0 Å². The molecule has 1 aromatic carbocycles. The predicted molar refractivity (Wildman–Crippen MR) is 92.0 cm³/mol. The van der Waals surface area contributed by atoms with Gasteiger partial charge in [-0.15, -0.1) is 0 Å². The number of rotatable bonds is 2. The van der Waals surface area contributed by atoms with Gasteiger partial charge in [0.25, 0.3) is 0 Å². The summed E-state index contributed by atoms with van der Waals surface area (Å²) in [6, 6.07) is 6.90. The van der Waals surface area contributed by atoms with Crippen LogP contribution in [0.3, 0.4) is 0 Å². The molecule has 3 rings (SSSR count). The SMILES string of the molecule is CC(C)(C)OC(=O)N1CCC[C@H](S(=O)(=O)c2nc3ccccc3o2)C1. The molecule has 1 aliphatic heterocycles. The standard InChI is InChI=1S/C17H22N2O5S/c1-17(2,3)24-16(20)19-10-6-7-12(11-19)25(21,22)15-18-13-8-4-5-9-14(13)23-15/h4-5,8-9,12H,6-7,10-11H2,1-3H3/t12-/m0/s1. The Labute approximate surface area is 146 Å². The first-order valence-electron chi connectivity index (χ1n) is 8.24. The van der Waals surface area contributed by atoms with Crippen molar-refractivity contribution in [3.63, 3.8) is 0 Å². The van der Waals surface area contributed by atoms with Gasteiger partial charge in [0.05, 0.1) is 5.25 Å². The molecule has 1 aromatic heterocycles. The molecule has 2 heterocycles. The van der Waals surface area contributed by atoms with Gasteiger partial charge >= 0.3 is 11.3 Å². The summed E-state index contributed by atoms with van der Waals surface area (Å²) in [6.45, 7) is 5.90. The Morgan fingerprint density at radius 2 is 2.04 bits per heavy atom. The van der Waals surface area contributed by atoms with E-state index in [-0.39, 0.29) is 11.8 Å². The summed E-state index contributed by atoms with van der Waals surface area (Å²) in [4.78, 5) is 17.8. The topological polar surface area (TPSA) is 89.7 Å². The van der Waals surface area contributed by atoms with Gasteiger partial charge in [-0.3, -0.25) is 0 Å². The summed E-state index contributed by atoms with van der Waals surface area (Å²) in [5, 5.41) is -1.04. The summed E-state index contributed by atoms with van der Waals surface area (Å²) < 4.78 is 36.5. The number of aromatic nitrogens is 1. The van der Waals surface area contributed by atoms with Crippen LogP contribution in [-0.4, -0.2) is 48.3 Å². The molecule has 1 saturated heterocycles. The molecule has 1 atom stereocenters. The second-order valence-corrected chi connectivity index (χ2v) is 9.29. The van der Waals surface area contributed by atoms with Crippen LogP contribution in [0.2, 0.25) is 0 Å². The van der Waals surface area contributed by atoms with Crippen molar-refractivity contribution in [3.8, 4) is 0 Å². The Morgan fingerprint density at radius 3 is 2.72 bits per heavy atom. The second kappa shape index (κ2) is 6.33. The minimum Gasteiger partial charge on any atom is -0.444 e. The number of hydrogen-bond acceptors (Lipinski definition) is 6. The van der Waals surface area contributed by atoms with E-state index in [2.05, 4.69) is 4.98 Å². The number of nitrogens with zero attached hydrogens (tertiary/aromatic N) is 2. The second-order valence-electron chi connectivity index (χ2n) is 7.18. The average molecular weight is 366 g/mol. The summed E-state index contributed by atoms with van der Waals surface area (Å²) in [6.07, 6.45) is 0.550. The number of para-hydroxylation sites is 2. The van der Waals surface area contributed by atoms with Crippen LogP contribution < -0.4 is 0 Å². The highest BCUT2D eigenvalue weighted by Crippen LogP contribution is 2.27. The van der Waals surface area contributed by atoms with Crippen molar-refractivity contribution in [2.45, 2.75) is 49.7 Å². The number of hydrogen-bond donors (Lipinski definition) is 0. The van der Waals surface area contributed by atoms with Crippen LogP contribution in [0.1, 0.15) is 33.6 Å². The number of likely N-dealkylation sites (tertiary alicyclic amines) is 1. The molecule has 8 heteroatoms. The maximum atomic E-state index is 12.9. The number of piperidine rings is 1. The molecule has 0 spiro atoms. The number of carbonyl (C=O) groups is 1. The largest absolute Gasteiger partial charge is 0.444 e. The molecule has 7 nitrogen and oxygen atoms in total. The monoisotopic (exact) mass is 366 g/mol. The Balaban J connectivity index is 1.81. The summed E-state index contributed by atoms with van der Waals surface area (Å²) in [5.41, 5.74) is 0.310. The Bertz CT molecular complexity index is 849. The van der Waals surface area contributed by atoms with Gasteiger partial charge in [0.1, 0.15) is 11.1 Å². The molecule has 0 saturated carbocycles. The quantitative estimate of drug-likeness (QED) is 0.812. The fourth-order valence-corrected chi connectivity index (χ4v) is 4.37. The fraction of sp³-hybridized carbons (Fsp3) is 0.529. The highest BCUT2D eigenvalue weighted by atomic mass is 32.2. The zero-order valence-electron chi connectivity index (χ0n) is 14.6. The maximum absolute atomic E-state index is 12.9. The van der Waals surface area contributed by atoms with Crippen LogP contribution in [0.4, 0.5) is 4.79 Å². The average Bonchev–Trinajstić information content (AvgIpc) is 2.98. The van der Waals surface area contributed by atoms with Gasteiger partial charge in [-0.2, -0.15) is 4.98 Å². The number of sulfone groups is 1. The van der Waals surface area contributed by atoms with E-state index < -0.39 is 26.8 Å². The highest BCUT2D eigenvalue weighted by molar-refractivity contribution is 7.91. The minimum absolute atomic E-state index is 0.0793. The lowest BCUT2D eigenvalue weighted by atomic mass is 10.1. The smallest absolute Gasteiger partial charge is 0.410 e. The van der Waals surface area contributed by atoms with E-state index in [1.807, 2.05) is 0 Å². The van der Waals surface area contributed by atoms with Gasteiger partial charge < -0.3 is 14.1 Å². The molecule has 2 aromatic rings. The molecule has 25 heavy (non-hydrogen) atoms. The molecule has 0 unspecified atom stereocenters. The van der Waals surface area contributed by atoms with Gasteiger partial charge in [0.15, 0.2) is 5.58 Å². The van der Waals surface area contributed by atoms with E-state index in [9.17, 15) is 13.2 Å². The lowest BCUT2D eigenvalue weighted by molar-refractivity contribution is 0.0218. The van der Waals surface area contributed by atoms with Crippen LogP contribution in [-0.2, 0) is 14.6 Å². The maximum Gasteiger partial charge on any atom is 0.410 e. The van der Waals surface area contributed by atoms with Crippen molar-refractivity contribution in [2.24, 2.45) is 0 Å². The van der Waals surface area contributed by atoms with Gasteiger partial charge in [-0.05, 0) is 45.7 Å². The van der Waals surface area contributed by atoms with Gasteiger partial charge in [0, 0.05) is 13.1 Å². The summed E-state index contributed by atoms with van der Waals surface area (Å²) >= 11 is 0. The number of oxazole rings is 1. The fourth-order valence-electron chi connectivity index (χ4n) is 2.80. The first-order chi connectivity index (χ1) is 11.7. The van der Waals surface area contributed by atoms with Crippen molar-refractivity contribution >= 4 is 27.0 Å². The van der Waals surface area contributed by atoms with Gasteiger partial charge in [0.2, 0.25) is 9.84 Å². The highest BCUT2D eigenvalue weighted by Gasteiger charge is 2.38.